The van der Waals surface area contributed by atoms with Crippen molar-refractivity contribution in [2.75, 3.05) is 13.2 Å². The molecule has 2 rings (SSSR count). The number of phenolic OH excluding ortho intramolecular Hbond substituents is 1. The van der Waals surface area contributed by atoms with Gasteiger partial charge in [0.25, 0.3) is 0 Å². The van der Waals surface area contributed by atoms with Crippen molar-refractivity contribution in [3.05, 3.63) is 65.7 Å². The summed E-state index contributed by atoms with van der Waals surface area (Å²) in [5.74, 6) is -1.64. The van der Waals surface area contributed by atoms with Crippen LogP contribution >= 0.6 is 0 Å². The second-order valence-electron chi connectivity index (χ2n) is 8.49. The minimum Gasteiger partial charge on any atom is -0.508 e. The van der Waals surface area contributed by atoms with E-state index in [9.17, 15) is 19.5 Å². The standard InChI is InChI=1S/C26H36N6O5/c1-2-37-25(36)22(16-17-7-4-3-5-8-17)32-24(35)21(9-6-14-30-26(28)29)31-23(34)20(27)15-18-10-12-19(33)13-11-18/h3-5,7-8,10-13,20-22,33H,2,6,9,14-16,27H2,1H3,(H,31,34)(H,32,35)(H4,28,29,30)/t20-,21+,22-/m0/s1. The van der Waals surface area contributed by atoms with Gasteiger partial charge in [-0.2, -0.15) is 0 Å². The van der Waals surface area contributed by atoms with Crippen LogP contribution < -0.4 is 27.8 Å². The molecule has 0 saturated heterocycles. The van der Waals surface area contributed by atoms with E-state index in [4.69, 9.17) is 21.9 Å². The Kier molecular flexibility index (Phi) is 11.9. The summed E-state index contributed by atoms with van der Waals surface area (Å²) in [5, 5.41) is 14.8. The first-order valence-electron chi connectivity index (χ1n) is 12.1. The van der Waals surface area contributed by atoms with Crippen LogP contribution in [-0.4, -0.2) is 60.1 Å². The molecule has 0 bridgehead atoms. The molecule has 0 radical (unpaired) electrons. The van der Waals surface area contributed by atoms with Crippen LogP contribution in [0, 0.1) is 0 Å². The number of carbonyl (C=O) groups is 3. The largest absolute Gasteiger partial charge is 0.508 e. The fourth-order valence-corrected chi connectivity index (χ4v) is 3.59. The third-order valence-electron chi connectivity index (χ3n) is 5.48. The van der Waals surface area contributed by atoms with Crippen LogP contribution in [0.25, 0.3) is 0 Å². The number of ether oxygens (including phenoxy) is 1. The van der Waals surface area contributed by atoms with Crippen molar-refractivity contribution in [1.82, 2.24) is 10.6 Å². The van der Waals surface area contributed by atoms with E-state index in [-0.39, 0.29) is 44.1 Å². The number of amides is 2. The Balaban J connectivity index is 2.13. The van der Waals surface area contributed by atoms with Gasteiger partial charge in [-0.25, -0.2) is 4.79 Å². The Morgan fingerprint density at radius 2 is 1.54 bits per heavy atom. The van der Waals surface area contributed by atoms with Crippen molar-refractivity contribution in [3.63, 3.8) is 0 Å². The average molecular weight is 513 g/mol. The summed E-state index contributed by atoms with van der Waals surface area (Å²) in [6.07, 6.45) is 1.03. The molecule has 0 aliphatic rings. The minimum absolute atomic E-state index is 0.0776. The summed E-state index contributed by atoms with van der Waals surface area (Å²) in [5.41, 5.74) is 18.4. The molecule has 0 spiro atoms. The smallest absolute Gasteiger partial charge is 0.328 e. The van der Waals surface area contributed by atoms with Gasteiger partial charge in [0.1, 0.15) is 17.8 Å². The van der Waals surface area contributed by atoms with Gasteiger partial charge in [0.15, 0.2) is 5.96 Å². The molecular formula is C26H36N6O5. The Morgan fingerprint density at radius 1 is 0.919 bits per heavy atom. The summed E-state index contributed by atoms with van der Waals surface area (Å²) < 4.78 is 5.15. The van der Waals surface area contributed by atoms with Crippen molar-refractivity contribution in [3.8, 4) is 5.75 Å². The fraction of sp³-hybridized carbons (Fsp3) is 0.385. The van der Waals surface area contributed by atoms with Crippen LogP contribution in [0.4, 0.5) is 0 Å². The van der Waals surface area contributed by atoms with Gasteiger partial charge in [-0.05, 0) is 49.4 Å². The predicted octanol–water partition coefficient (Wildman–Crippen LogP) is 0.0910. The molecule has 0 aliphatic heterocycles. The van der Waals surface area contributed by atoms with Gasteiger partial charge < -0.3 is 37.7 Å². The number of carbonyl (C=O) groups excluding carboxylic acids is 3. The van der Waals surface area contributed by atoms with E-state index in [1.165, 1.54) is 12.1 Å². The summed E-state index contributed by atoms with van der Waals surface area (Å²) in [4.78, 5) is 42.6. The molecule has 11 nitrogen and oxygen atoms in total. The quantitative estimate of drug-likeness (QED) is 0.0886. The molecule has 2 aromatic carbocycles. The van der Waals surface area contributed by atoms with Crippen LogP contribution in [0.5, 0.6) is 5.75 Å². The van der Waals surface area contributed by atoms with Gasteiger partial charge >= 0.3 is 5.97 Å². The van der Waals surface area contributed by atoms with Gasteiger partial charge in [-0.1, -0.05) is 42.5 Å². The minimum atomic E-state index is -0.986. The first kappa shape index (κ1) is 29.1. The zero-order valence-electron chi connectivity index (χ0n) is 20.9. The van der Waals surface area contributed by atoms with E-state index in [0.29, 0.717) is 6.42 Å². The molecule has 0 aromatic heterocycles. The number of aliphatic imine (C=N–C) groups is 1. The lowest BCUT2D eigenvalue weighted by Gasteiger charge is -2.24. The monoisotopic (exact) mass is 512 g/mol. The molecule has 11 heteroatoms. The number of aromatic hydroxyl groups is 1. The van der Waals surface area contributed by atoms with Crippen molar-refractivity contribution in [2.45, 2.75) is 50.7 Å². The van der Waals surface area contributed by atoms with E-state index >= 15 is 0 Å². The van der Waals surface area contributed by atoms with Crippen molar-refractivity contribution in [1.29, 1.82) is 0 Å². The lowest BCUT2D eigenvalue weighted by Crippen LogP contribution is -2.55. The molecule has 2 amide bonds. The molecule has 3 atom stereocenters. The highest BCUT2D eigenvalue weighted by Gasteiger charge is 2.29. The first-order chi connectivity index (χ1) is 17.7. The van der Waals surface area contributed by atoms with E-state index in [2.05, 4.69) is 15.6 Å². The lowest BCUT2D eigenvalue weighted by molar-refractivity contribution is -0.147. The number of nitrogens with one attached hydrogen (secondary N) is 2. The van der Waals surface area contributed by atoms with E-state index in [0.717, 1.165) is 11.1 Å². The molecule has 200 valence electrons. The molecule has 37 heavy (non-hydrogen) atoms. The predicted molar refractivity (Wildman–Crippen MR) is 140 cm³/mol. The third kappa shape index (κ3) is 10.6. The highest BCUT2D eigenvalue weighted by atomic mass is 16.5. The maximum Gasteiger partial charge on any atom is 0.328 e. The second-order valence-corrected chi connectivity index (χ2v) is 8.49. The van der Waals surface area contributed by atoms with E-state index in [1.54, 1.807) is 19.1 Å². The topological polar surface area (TPSA) is 195 Å². The number of esters is 1. The highest BCUT2D eigenvalue weighted by Crippen LogP contribution is 2.11. The first-order valence-corrected chi connectivity index (χ1v) is 12.1. The zero-order valence-corrected chi connectivity index (χ0v) is 20.9. The molecule has 9 N–H and O–H groups in total. The number of phenols is 1. The van der Waals surface area contributed by atoms with Crippen molar-refractivity contribution < 1.29 is 24.2 Å². The lowest BCUT2D eigenvalue weighted by atomic mass is 10.0. The molecule has 0 saturated carbocycles. The molecule has 0 unspecified atom stereocenters. The Bertz CT molecular complexity index is 1040. The highest BCUT2D eigenvalue weighted by molar-refractivity contribution is 5.92. The molecule has 2 aromatic rings. The SMILES string of the molecule is CCOC(=O)[C@H](Cc1ccccc1)NC(=O)[C@@H](CCCN=C(N)N)NC(=O)[C@@H](N)Cc1ccc(O)cc1. The Morgan fingerprint density at radius 3 is 2.16 bits per heavy atom. The van der Waals surface area contributed by atoms with Gasteiger partial charge in [0.2, 0.25) is 11.8 Å². The average Bonchev–Trinajstić information content (AvgIpc) is 2.87. The Labute approximate surface area is 216 Å². The maximum absolute atomic E-state index is 13.2. The summed E-state index contributed by atoms with van der Waals surface area (Å²) in [6, 6.07) is 12.7. The number of guanidine groups is 1. The summed E-state index contributed by atoms with van der Waals surface area (Å²) in [6.45, 7) is 2.10. The maximum atomic E-state index is 13.2. The van der Waals surface area contributed by atoms with Crippen molar-refractivity contribution >= 4 is 23.7 Å². The molecule has 0 aliphatic carbocycles. The fourth-order valence-electron chi connectivity index (χ4n) is 3.59. The van der Waals surface area contributed by atoms with Crippen LogP contribution in [0.3, 0.4) is 0 Å². The number of hydrogen-bond acceptors (Lipinski definition) is 7. The van der Waals surface area contributed by atoms with Crippen LogP contribution in [-0.2, 0) is 32.0 Å². The van der Waals surface area contributed by atoms with Gasteiger partial charge in [-0.15, -0.1) is 0 Å². The number of nitrogens with two attached hydrogens (primary N) is 3. The summed E-state index contributed by atoms with van der Waals surface area (Å²) >= 11 is 0. The molecule has 0 heterocycles. The summed E-state index contributed by atoms with van der Waals surface area (Å²) in [7, 11) is 0. The number of hydrogen-bond donors (Lipinski definition) is 6. The number of benzene rings is 2. The molecule has 0 fully saturated rings. The normalized spacial score (nSPS) is 13.0. The second kappa shape index (κ2) is 15.1. The molecular weight excluding hydrogens is 476 g/mol. The Hall–Kier alpha value is -4.12. The van der Waals surface area contributed by atoms with Crippen LogP contribution in [0.2, 0.25) is 0 Å². The van der Waals surface area contributed by atoms with Crippen LogP contribution in [0.15, 0.2) is 59.6 Å². The van der Waals surface area contributed by atoms with Crippen LogP contribution in [0.1, 0.15) is 30.9 Å². The van der Waals surface area contributed by atoms with Crippen molar-refractivity contribution in [2.24, 2.45) is 22.2 Å². The number of nitrogens with zero attached hydrogens (tertiary/aromatic N) is 1. The van der Waals surface area contributed by atoms with Gasteiger partial charge in [0, 0.05) is 13.0 Å². The van der Waals surface area contributed by atoms with Gasteiger partial charge in [0.05, 0.1) is 12.6 Å². The van der Waals surface area contributed by atoms with Gasteiger partial charge in [-0.3, -0.25) is 14.6 Å². The zero-order chi connectivity index (χ0) is 27.2. The van der Waals surface area contributed by atoms with E-state index < -0.39 is 35.9 Å². The van der Waals surface area contributed by atoms with E-state index in [1.807, 2.05) is 30.3 Å². The number of rotatable bonds is 14. The third-order valence-corrected chi connectivity index (χ3v) is 5.48.